The maximum Gasteiger partial charge on any atom is 0.0916 e. The molecule has 1 heterocycles. The van der Waals surface area contributed by atoms with E-state index in [0.717, 1.165) is 25.2 Å². The average molecular weight is 247 g/mol. The molecular weight excluding hydrogens is 222 g/mol. The summed E-state index contributed by atoms with van der Waals surface area (Å²) in [5.41, 5.74) is 1.53. The van der Waals surface area contributed by atoms with Crippen LogP contribution >= 0.6 is 0 Å². The number of aliphatic hydroxyl groups excluding tert-OH is 1. The van der Waals surface area contributed by atoms with E-state index < -0.39 is 0 Å². The second-order valence-electron chi connectivity index (χ2n) is 5.62. The normalized spacial score (nSPS) is 21.1. The van der Waals surface area contributed by atoms with Gasteiger partial charge in [-0.2, -0.15) is 0 Å². The van der Waals surface area contributed by atoms with Crippen molar-refractivity contribution in [3.63, 3.8) is 0 Å². The fraction of sp³-hybridized carbons (Fsp3) is 0.625. The van der Waals surface area contributed by atoms with Crippen LogP contribution in [-0.2, 0) is 0 Å². The highest BCUT2D eigenvalue weighted by Crippen LogP contribution is 2.37. The first kappa shape index (κ1) is 13.6. The minimum absolute atomic E-state index is 0.351. The van der Waals surface area contributed by atoms with Crippen molar-refractivity contribution in [3.05, 3.63) is 35.9 Å². The van der Waals surface area contributed by atoms with Crippen molar-refractivity contribution in [1.82, 2.24) is 4.90 Å². The second kappa shape index (κ2) is 5.85. The molecule has 1 aliphatic heterocycles. The summed E-state index contributed by atoms with van der Waals surface area (Å²) in [5.74, 6) is 0. The van der Waals surface area contributed by atoms with E-state index in [1.807, 2.05) is 30.3 Å². The maximum atomic E-state index is 10.3. The molecule has 0 spiro atoms. The van der Waals surface area contributed by atoms with Crippen LogP contribution in [0.4, 0.5) is 0 Å². The van der Waals surface area contributed by atoms with Crippen molar-refractivity contribution >= 4 is 0 Å². The molecule has 1 N–H and O–H groups in total. The summed E-state index contributed by atoms with van der Waals surface area (Å²) in [7, 11) is 0. The van der Waals surface area contributed by atoms with Gasteiger partial charge >= 0.3 is 0 Å². The summed E-state index contributed by atoms with van der Waals surface area (Å²) < 4.78 is 0. The summed E-state index contributed by atoms with van der Waals surface area (Å²) in [6.07, 6.45) is 3.43. The Morgan fingerprint density at radius 3 is 2.44 bits per heavy atom. The van der Waals surface area contributed by atoms with Crippen LogP contribution < -0.4 is 0 Å². The first-order valence-electron chi connectivity index (χ1n) is 7.14. The number of benzene rings is 1. The molecule has 1 fully saturated rings. The Balaban J connectivity index is 1.92. The lowest BCUT2D eigenvalue weighted by Crippen LogP contribution is -2.30. The molecule has 0 bridgehead atoms. The van der Waals surface area contributed by atoms with E-state index in [1.165, 1.54) is 19.3 Å². The molecule has 1 atom stereocenters. The van der Waals surface area contributed by atoms with E-state index in [0.29, 0.717) is 5.41 Å². The monoisotopic (exact) mass is 247 g/mol. The van der Waals surface area contributed by atoms with Gasteiger partial charge in [-0.1, -0.05) is 44.2 Å². The average Bonchev–Trinajstić information content (AvgIpc) is 2.84. The molecule has 2 heteroatoms. The van der Waals surface area contributed by atoms with Gasteiger partial charge in [0.25, 0.3) is 0 Å². The van der Waals surface area contributed by atoms with Gasteiger partial charge in [-0.3, -0.25) is 4.90 Å². The molecule has 1 aliphatic rings. The van der Waals surface area contributed by atoms with Crippen molar-refractivity contribution in [1.29, 1.82) is 0 Å². The van der Waals surface area contributed by atoms with Crippen molar-refractivity contribution in [3.8, 4) is 0 Å². The highest BCUT2D eigenvalue weighted by molar-refractivity contribution is 5.17. The van der Waals surface area contributed by atoms with Gasteiger partial charge in [0, 0.05) is 13.1 Å². The number of nitrogens with zero attached hydrogens (tertiary/aromatic N) is 1. The van der Waals surface area contributed by atoms with E-state index in [9.17, 15) is 5.11 Å². The molecule has 1 aromatic carbocycles. The lowest BCUT2D eigenvalue weighted by Gasteiger charge is -2.27. The predicted octanol–water partition coefficient (Wildman–Crippen LogP) is 3.23. The van der Waals surface area contributed by atoms with E-state index in [1.54, 1.807) is 0 Å². The minimum atomic E-state index is -0.351. The SMILES string of the molecule is CCC1(CC)CCN(CC(O)c2ccccc2)C1. The molecule has 18 heavy (non-hydrogen) atoms. The summed E-state index contributed by atoms with van der Waals surface area (Å²) in [6, 6.07) is 9.99. The number of likely N-dealkylation sites (tertiary alicyclic amines) is 1. The van der Waals surface area contributed by atoms with Crippen LogP contribution in [0.3, 0.4) is 0 Å². The van der Waals surface area contributed by atoms with Crippen LogP contribution in [0.5, 0.6) is 0 Å². The van der Waals surface area contributed by atoms with Crippen LogP contribution in [0.2, 0.25) is 0 Å². The fourth-order valence-corrected chi connectivity index (χ4v) is 3.04. The number of aliphatic hydroxyl groups is 1. The largest absolute Gasteiger partial charge is 0.387 e. The quantitative estimate of drug-likeness (QED) is 0.863. The van der Waals surface area contributed by atoms with Gasteiger partial charge in [-0.15, -0.1) is 0 Å². The highest BCUT2D eigenvalue weighted by Gasteiger charge is 2.35. The smallest absolute Gasteiger partial charge is 0.0916 e. The van der Waals surface area contributed by atoms with E-state index in [-0.39, 0.29) is 6.10 Å². The fourth-order valence-electron chi connectivity index (χ4n) is 3.04. The maximum absolute atomic E-state index is 10.3. The van der Waals surface area contributed by atoms with Gasteiger partial charge in [0.1, 0.15) is 0 Å². The van der Waals surface area contributed by atoms with Crippen LogP contribution in [0.15, 0.2) is 30.3 Å². The first-order valence-corrected chi connectivity index (χ1v) is 7.14. The lowest BCUT2D eigenvalue weighted by molar-refractivity contribution is 0.117. The van der Waals surface area contributed by atoms with Gasteiger partial charge in [0.2, 0.25) is 0 Å². The molecular formula is C16H25NO. The zero-order valence-corrected chi connectivity index (χ0v) is 11.6. The molecule has 0 aliphatic carbocycles. The molecule has 0 radical (unpaired) electrons. The van der Waals surface area contributed by atoms with Gasteiger partial charge < -0.3 is 5.11 Å². The van der Waals surface area contributed by atoms with Crippen molar-refractivity contribution < 1.29 is 5.11 Å². The van der Waals surface area contributed by atoms with Gasteiger partial charge in [0.05, 0.1) is 6.10 Å². The first-order chi connectivity index (χ1) is 8.69. The number of rotatable bonds is 5. The Labute approximate surface area is 111 Å². The minimum Gasteiger partial charge on any atom is -0.387 e. The number of hydrogen-bond donors (Lipinski definition) is 1. The summed E-state index contributed by atoms with van der Waals surface area (Å²) in [6.45, 7) is 7.63. The number of hydrogen-bond acceptors (Lipinski definition) is 2. The third-order valence-electron chi connectivity index (χ3n) is 4.63. The molecule has 0 aromatic heterocycles. The van der Waals surface area contributed by atoms with Gasteiger partial charge in [-0.25, -0.2) is 0 Å². The Morgan fingerprint density at radius 1 is 1.22 bits per heavy atom. The van der Waals surface area contributed by atoms with E-state index in [4.69, 9.17) is 0 Å². The Kier molecular flexibility index (Phi) is 4.41. The van der Waals surface area contributed by atoms with Crippen LogP contribution in [-0.4, -0.2) is 29.6 Å². The third kappa shape index (κ3) is 2.93. The molecule has 2 rings (SSSR count). The predicted molar refractivity (Wildman–Crippen MR) is 75.5 cm³/mol. The van der Waals surface area contributed by atoms with E-state index in [2.05, 4.69) is 18.7 Å². The van der Waals surface area contributed by atoms with Gasteiger partial charge in [0.15, 0.2) is 0 Å². The van der Waals surface area contributed by atoms with Crippen LogP contribution in [0, 0.1) is 5.41 Å². The summed E-state index contributed by atoms with van der Waals surface area (Å²) >= 11 is 0. The standard InChI is InChI=1S/C16H25NO/c1-3-16(4-2)10-11-17(13-16)12-15(18)14-8-6-5-7-9-14/h5-9,15,18H,3-4,10-13H2,1-2H3. The topological polar surface area (TPSA) is 23.5 Å². The molecule has 0 amide bonds. The van der Waals surface area contributed by atoms with E-state index >= 15 is 0 Å². The Morgan fingerprint density at radius 2 is 1.89 bits per heavy atom. The molecule has 100 valence electrons. The van der Waals surface area contributed by atoms with Crippen molar-refractivity contribution in [2.75, 3.05) is 19.6 Å². The molecule has 1 unspecified atom stereocenters. The molecule has 1 saturated heterocycles. The van der Waals surface area contributed by atoms with Crippen molar-refractivity contribution in [2.24, 2.45) is 5.41 Å². The molecule has 2 nitrogen and oxygen atoms in total. The highest BCUT2D eigenvalue weighted by atomic mass is 16.3. The van der Waals surface area contributed by atoms with Crippen LogP contribution in [0.25, 0.3) is 0 Å². The zero-order chi connectivity index (χ0) is 13.0. The van der Waals surface area contributed by atoms with Gasteiger partial charge in [-0.05, 0) is 36.8 Å². The Bertz CT molecular complexity index is 359. The molecule has 1 aromatic rings. The number of β-amino-alcohol motifs (C(OH)–C–C–N with tert-alkyl or cyclic N) is 1. The second-order valence-corrected chi connectivity index (χ2v) is 5.62. The zero-order valence-electron chi connectivity index (χ0n) is 11.6. The summed E-state index contributed by atoms with van der Waals surface area (Å²) in [4.78, 5) is 2.42. The van der Waals surface area contributed by atoms with Crippen molar-refractivity contribution in [2.45, 2.75) is 39.2 Å². The third-order valence-corrected chi connectivity index (χ3v) is 4.63. The Hall–Kier alpha value is -0.860. The molecule has 0 saturated carbocycles. The lowest BCUT2D eigenvalue weighted by atomic mass is 9.82. The summed E-state index contributed by atoms with van der Waals surface area (Å²) in [5, 5.41) is 10.3. The van der Waals surface area contributed by atoms with Crippen LogP contribution in [0.1, 0.15) is 44.8 Å².